The van der Waals surface area contributed by atoms with Gasteiger partial charge in [0.05, 0.1) is 7.11 Å². The molecule has 0 heterocycles. The van der Waals surface area contributed by atoms with Gasteiger partial charge in [0.2, 0.25) is 0 Å². The molecular weight excluding hydrogens is 306 g/mol. The molecule has 0 aliphatic carbocycles. The summed E-state index contributed by atoms with van der Waals surface area (Å²) in [6.45, 7) is 3.01. The fourth-order valence-corrected chi connectivity index (χ4v) is 1.88. The molecule has 1 aromatic carbocycles. The van der Waals surface area contributed by atoms with Gasteiger partial charge in [0.15, 0.2) is 0 Å². The maximum absolute atomic E-state index is 11.4. The average Bonchev–Trinajstić information content (AvgIpc) is 2.41. The molecular formula is C15H20BrNO2. The van der Waals surface area contributed by atoms with Crippen LogP contribution in [0.1, 0.15) is 25.3 Å². The minimum absolute atomic E-state index is 0.323. The van der Waals surface area contributed by atoms with E-state index in [1.165, 1.54) is 13.2 Å². The lowest BCUT2D eigenvalue weighted by Gasteiger charge is -2.11. The van der Waals surface area contributed by atoms with Crippen molar-refractivity contribution in [3.05, 3.63) is 46.1 Å². The third-order valence-electron chi connectivity index (χ3n) is 2.68. The van der Waals surface area contributed by atoms with Crippen LogP contribution in [0.15, 0.2) is 40.5 Å². The Labute approximate surface area is 123 Å². The number of unbranched alkanes of at least 4 members (excludes halogenated alkanes) is 1. The summed E-state index contributed by atoms with van der Waals surface area (Å²) in [5.41, 5.74) is 2.05. The van der Waals surface area contributed by atoms with E-state index >= 15 is 0 Å². The van der Waals surface area contributed by atoms with Gasteiger partial charge in [-0.2, -0.15) is 0 Å². The number of ether oxygens (including phenoxy) is 1. The predicted octanol–water partition coefficient (Wildman–Crippen LogP) is 3.44. The van der Waals surface area contributed by atoms with E-state index in [2.05, 4.69) is 32.9 Å². The minimum Gasteiger partial charge on any atom is -0.466 e. The van der Waals surface area contributed by atoms with E-state index in [0.29, 0.717) is 6.42 Å². The van der Waals surface area contributed by atoms with Gasteiger partial charge in [0, 0.05) is 29.2 Å². The van der Waals surface area contributed by atoms with Crippen LogP contribution < -0.4 is 5.32 Å². The first-order valence-electron chi connectivity index (χ1n) is 6.42. The van der Waals surface area contributed by atoms with Crippen molar-refractivity contribution in [3.63, 3.8) is 0 Å². The Morgan fingerprint density at radius 2 is 2.05 bits per heavy atom. The molecule has 0 radical (unpaired) electrons. The van der Waals surface area contributed by atoms with Crippen LogP contribution in [-0.2, 0) is 16.0 Å². The first-order chi connectivity index (χ1) is 9.15. The number of halogens is 1. The molecule has 0 unspecified atom stereocenters. The summed E-state index contributed by atoms with van der Waals surface area (Å²) in [4.78, 5) is 11.4. The number of allylic oxidation sites excluding steroid dienone is 1. The molecule has 0 saturated carbocycles. The van der Waals surface area contributed by atoms with Gasteiger partial charge < -0.3 is 10.1 Å². The van der Waals surface area contributed by atoms with Crippen molar-refractivity contribution in [3.8, 4) is 0 Å². The molecule has 0 spiro atoms. The number of rotatable bonds is 7. The third kappa shape index (κ3) is 6.43. The summed E-state index contributed by atoms with van der Waals surface area (Å²) in [7, 11) is 1.39. The molecule has 104 valence electrons. The number of benzene rings is 1. The Morgan fingerprint density at radius 3 is 2.63 bits per heavy atom. The van der Waals surface area contributed by atoms with Crippen molar-refractivity contribution in [2.75, 3.05) is 13.7 Å². The minimum atomic E-state index is -0.323. The maximum atomic E-state index is 11.4. The van der Waals surface area contributed by atoms with E-state index < -0.39 is 0 Å². The van der Waals surface area contributed by atoms with Gasteiger partial charge in [-0.3, -0.25) is 0 Å². The molecule has 0 atom stereocenters. The van der Waals surface area contributed by atoms with E-state index in [4.69, 9.17) is 0 Å². The van der Waals surface area contributed by atoms with Crippen LogP contribution >= 0.6 is 15.9 Å². The van der Waals surface area contributed by atoms with Crippen LogP contribution in [-0.4, -0.2) is 19.6 Å². The van der Waals surface area contributed by atoms with Crippen LogP contribution in [0.2, 0.25) is 0 Å². The lowest BCUT2D eigenvalue weighted by Crippen LogP contribution is -2.18. The number of nitrogens with one attached hydrogen (secondary N) is 1. The molecule has 0 amide bonds. The van der Waals surface area contributed by atoms with E-state index in [0.717, 1.165) is 35.1 Å². The Kier molecular flexibility index (Phi) is 7.26. The lowest BCUT2D eigenvalue weighted by atomic mass is 10.1. The standard InChI is InChI=1S/C15H20BrNO2/c1-3-4-9-17-14(11-15(18)19-2)10-12-5-7-13(16)8-6-12/h5-8,11,17H,3-4,9-10H2,1-2H3/b14-11-. The molecule has 0 saturated heterocycles. The van der Waals surface area contributed by atoms with Gasteiger partial charge in [-0.25, -0.2) is 4.79 Å². The zero-order chi connectivity index (χ0) is 14.1. The highest BCUT2D eigenvalue weighted by molar-refractivity contribution is 9.10. The Morgan fingerprint density at radius 1 is 1.37 bits per heavy atom. The van der Waals surface area contributed by atoms with Gasteiger partial charge in [-0.1, -0.05) is 41.4 Å². The first kappa shape index (κ1) is 15.8. The smallest absolute Gasteiger partial charge is 0.332 e. The number of esters is 1. The highest BCUT2D eigenvalue weighted by Gasteiger charge is 2.03. The van der Waals surface area contributed by atoms with Crippen molar-refractivity contribution in [2.24, 2.45) is 0 Å². The van der Waals surface area contributed by atoms with Gasteiger partial charge in [0.1, 0.15) is 0 Å². The fourth-order valence-electron chi connectivity index (χ4n) is 1.61. The maximum Gasteiger partial charge on any atom is 0.332 e. The highest BCUT2D eigenvalue weighted by atomic mass is 79.9. The summed E-state index contributed by atoms with van der Waals surface area (Å²) in [5, 5.41) is 3.30. The SMILES string of the molecule is CCCCN/C(=C\C(=O)OC)Cc1ccc(Br)cc1. The second-order valence-electron chi connectivity index (χ2n) is 4.28. The summed E-state index contributed by atoms with van der Waals surface area (Å²) in [6, 6.07) is 8.07. The molecule has 0 aromatic heterocycles. The van der Waals surface area contributed by atoms with Gasteiger partial charge in [0.25, 0.3) is 0 Å². The zero-order valence-electron chi connectivity index (χ0n) is 11.4. The van der Waals surface area contributed by atoms with E-state index in [1.807, 2.05) is 24.3 Å². The topological polar surface area (TPSA) is 38.3 Å². The molecule has 19 heavy (non-hydrogen) atoms. The van der Waals surface area contributed by atoms with Crippen molar-refractivity contribution in [2.45, 2.75) is 26.2 Å². The molecule has 0 aliphatic rings. The average molecular weight is 326 g/mol. The van der Waals surface area contributed by atoms with Gasteiger partial charge in [-0.15, -0.1) is 0 Å². The molecule has 4 heteroatoms. The lowest BCUT2D eigenvalue weighted by molar-refractivity contribution is -0.134. The number of carbonyl (C=O) groups excluding carboxylic acids is 1. The molecule has 0 aliphatic heterocycles. The van der Waals surface area contributed by atoms with Crippen LogP contribution in [0.25, 0.3) is 0 Å². The molecule has 1 rings (SSSR count). The molecule has 1 N–H and O–H groups in total. The number of hydrogen-bond donors (Lipinski definition) is 1. The second kappa shape index (κ2) is 8.75. The molecule has 0 fully saturated rings. The quantitative estimate of drug-likeness (QED) is 0.474. The molecule has 3 nitrogen and oxygen atoms in total. The predicted molar refractivity (Wildman–Crippen MR) is 80.9 cm³/mol. The second-order valence-corrected chi connectivity index (χ2v) is 5.19. The first-order valence-corrected chi connectivity index (χ1v) is 7.21. The van der Waals surface area contributed by atoms with Crippen molar-refractivity contribution >= 4 is 21.9 Å². The van der Waals surface area contributed by atoms with E-state index in [1.54, 1.807) is 0 Å². The van der Waals surface area contributed by atoms with Gasteiger partial charge in [-0.05, 0) is 24.1 Å². The highest BCUT2D eigenvalue weighted by Crippen LogP contribution is 2.13. The number of methoxy groups -OCH3 is 1. The van der Waals surface area contributed by atoms with E-state index in [-0.39, 0.29) is 5.97 Å². The summed E-state index contributed by atoms with van der Waals surface area (Å²) >= 11 is 3.41. The van der Waals surface area contributed by atoms with Crippen LogP contribution in [0, 0.1) is 0 Å². The van der Waals surface area contributed by atoms with Crippen LogP contribution in [0.5, 0.6) is 0 Å². The van der Waals surface area contributed by atoms with Crippen molar-refractivity contribution < 1.29 is 9.53 Å². The molecule has 1 aromatic rings. The Balaban J connectivity index is 2.70. The summed E-state index contributed by atoms with van der Waals surface area (Å²) < 4.78 is 5.73. The summed E-state index contributed by atoms with van der Waals surface area (Å²) in [5.74, 6) is -0.323. The number of hydrogen-bond acceptors (Lipinski definition) is 3. The van der Waals surface area contributed by atoms with Crippen LogP contribution in [0.3, 0.4) is 0 Å². The summed E-state index contributed by atoms with van der Waals surface area (Å²) in [6.07, 6.45) is 4.43. The van der Waals surface area contributed by atoms with Crippen molar-refractivity contribution in [1.29, 1.82) is 0 Å². The fraction of sp³-hybridized carbons (Fsp3) is 0.400. The van der Waals surface area contributed by atoms with Gasteiger partial charge >= 0.3 is 5.97 Å². The zero-order valence-corrected chi connectivity index (χ0v) is 13.0. The largest absolute Gasteiger partial charge is 0.466 e. The Hall–Kier alpha value is -1.29. The van der Waals surface area contributed by atoms with Crippen molar-refractivity contribution in [1.82, 2.24) is 5.32 Å². The van der Waals surface area contributed by atoms with E-state index in [9.17, 15) is 4.79 Å². The molecule has 0 bridgehead atoms. The monoisotopic (exact) mass is 325 g/mol. The van der Waals surface area contributed by atoms with Crippen LogP contribution in [0.4, 0.5) is 0 Å². The third-order valence-corrected chi connectivity index (χ3v) is 3.21. The number of carbonyl (C=O) groups is 1. The Bertz CT molecular complexity index is 426. The normalized spacial score (nSPS) is 11.2.